The summed E-state index contributed by atoms with van der Waals surface area (Å²) in [7, 11) is 0. The van der Waals surface area contributed by atoms with Crippen molar-refractivity contribution in [2.45, 2.75) is 38.5 Å². The molecule has 0 spiro atoms. The summed E-state index contributed by atoms with van der Waals surface area (Å²) in [6.45, 7) is 2.14. The first kappa shape index (κ1) is 15.5. The lowest BCUT2D eigenvalue weighted by atomic mass is 10.1. The van der Waals surface area contributed by atoms with Crippen molar-refractivity contribution in [2.24, 2.45) is 0 Å². The van der Waals surface area contributed by atoms with Gasteiger partial charge in [0.05, 0.1) is 0 Å². The van der Waals surface area contributed by atoms with Crippen molar-refractivity contribution in [1.82, 2.24) is 10.2 Å². The quantitative estimate of drug-likeness (QED) is 0.926. The fraction of sp³-hybridized carbons (Fsp3) is 0.529. The van der Waals surface area contributed by atoms with Gasteiger partial charge in [0.1, 0.15) is 0 Å². The topological polar surface area (TPSA) is 49.4 Å². The smallest absolute Gasteiger partial charge is 0.251 e. The summed E-state index contributed by atoms with van der Waals surface area (Å²) < 4.78 is 0. The van der Waals surface area contributed by atoms with E-state index in [0.29, 0.717) is 18.5 Å². The van der Waals surface area contributed by atoms with E-state index in [1.54, 1.807) is 12.1 Å². The maximum absolute atomic E-state index is 12.2. The van der Waals surface area contributed by atoms with Gasteiger partial charge in [-0.05, 0) is 25.0 Å². The predicted octanol–water partition coefficient (Wildman–Crippen LogP) is 2.60. The highest BCUT2D eigenvalue weighted by Gasteiger charge is 2.14. The Hall–Kier alpha value is -1.84. The average Bonchev–Trinajstić information content (AvgIpc) is 2.47. The fourth-order valence-electron chi connectivity index (χ4n) is 2.63. The lowest BCUT2D eigenvalue weighted by Crippen LogP contribution is -2.36. The van der Waals surface area contributed by atoms with Gasteiger partial charge in [-0.3, -0.25) is 9.59 Å². The normalized spacial score (nSPS) is 15.9. The van der Waals surface area contributed by atoms with E-state index in [2.05, 4.69) is 5.32 Å². The number of amides is 2. The van der Waals surface area contributed by atoms with E-state index in [1.807, 2.05) is 23.1 Å². The minimum Gasteiger partial charge on any atom is -0.352 e. The largest absolute Gasteiger partial charge is 0.352 e. The third kappa shape index (κ3) is 5.21. The van der Waals surface area contributed by atoms with Crippen LogP contribution in [0, 0.1) is 0 Å². The monoisotopic (exact) mass is 288 g/mol. The molecule has 2 amide bonds. The number of benzene rings is 1. The summed E-state index contributed by atoms with van der Waals surface area (Å²) >= 11 is 0. The molecule has 1 aliphatic rings. The Balaban J connectivity index is 1.72. The summed E-state index contributed by atoms with van der Waals surface area (Å²) in [5.41, 5.74) is 0.635. The minimum atomic E-state index is -0.115. The van der Waals surface area contributed by atoms with Crippen molar-refractivity contribution in [1.29, 1.82) is 0 Å². The van der Waals surface area contributed by atoms with E-state index >= 15 is 0 Å². The molecular weight excluding hydrogens is 264 g/mol. The number of likely N-dealkylation sites (tertiary alicyclic amines) is 1. The van der Waals surface area contributed by atoms with Gasteiger partial charge in [-0.25, -0.2) is 0 Å². The van der Waals surface area contributed by atoms with Gasteiger partial charge in [-0.15, -0.1) is 0 Å². The minimum absolute atomic E-state index is 0.115. The lowest BCUT2D eigenvalue weighted by molar-refractivity contribution is -0.131. The third-order valence-corrected chi connectivity index (χ3v) is 3.87. The molecule has 114 valence electrons. The molecule has 0 unspecified atom stereocenters. The summed E-state index contributed by atoms with van der Waals surface area (Å²) in [4.78, 5) is 26.0. The van der Waals surface area contributed by atoms with Crippen molar-refractivity contribution in [3.63, 3.8) is 0 Å². The van der Waals surface area contributed by atoms with Crippen LogP contribution >= 0.6 is 0 Å². The number of nitrogens with one attached hydrogen (secondary N) is 1. The molecule has 1 aromatic carbocycles. The van der Waals surface area contributed by atoms with Crippen LogP contribution < -0.4 is 5.32 Å². The highest BCUT2D eigenvalue weighted by molar-refractivity contribution is 5.94. The zero-order chi connectivity index (χ0) is 14.9. The number of hydrogen-bond donors (Lipinski definition) is 1. The van der Waals surface area contributed by atoms with Crippen LogP contribution in [0.2, 0.25) is 0 Å². The van der Waals surface area contributed by atoms with E-state index in [4.69, 9.17) is 0 Å². The van der Waals surface area contributed by atoms with Crippen molar-refractivity contribution >= 4 is 11.8 Å². The van der Waals surface area contributed by atoms with Gasteiger partial charge in [0.15, 0.2) is 0 Å². The predicted molar refractivity (Wildman–Crippen MR) is 83.1 cm³/mol. The van der Waals surface area contributed by atoms with Gasteiger partial charge in [0.25, 0.3) is 5.91 Å². The van der Waals surface area contributed by atoms with Crippen LogP contribution in [-0.2, 0) is 4.79 Å². The molecule has 1 N–H and O–H groups in total. The van der Waals surface area contributed by atoms with E-state index < -0.39 is 0 Å². The van der Waals surface area contributed by atoms with Crippen LogP contribution in [0.15, 0.2) is 30.3 Å². The molecule has 0 aliphatic carbocycles. The Morgan fingerprint density at radius 3 is 2.24 bits per heavy atom. The zero-order valence-corrected chi connectivity index (χ0v) is 12.5. The number of rotatable bonds is 4. The van der Waals surface area contributed by atoms with Crippen LogP contribution in [0.4, 0.5) is 0 Å². The van der Waals surface area contributed by atoms with Crippen LogP contribution in [0.1, 0.15) is 48.9 Å². The fourth-order valence-corrected chi connectivity index (χ4v) is 2.63. The molecule has 4 heteroatoms. The Morgan fingerprint density at radius 1 is 0.952 bits per heavy atom. The molecule has 1 aliphatic heterocycles. The van der Waals surface area contributed by atoms with Crippen LogP contribution in [0.25, 0.3) is 0 Å². The van der Waals surface area contributed by atoms with Crippen LogP contribution in [0.3, 0.4) is 0 Å². The molecule has 0 atom stereocenters. The SMILES string of the molecule is O=C(NCCC(=O)N1CCCCCCC1)c1ccccc1. The molecule has 0 bridgehead atoms. The molecule has 1 saturated heterocycles. The maximum Gasteiger partial charge on any atom is 0.251 e. The lowest BCUT2D eigenvalue weighted by Gasteiger charge is -2.24. The Labute approximate surface area is 126 Å². The van der Waals surface area contributed by atoms with Gasteiger partial charge >= 0.3 is 0 Å². The zero-order valence-electron chi connectivity index (χ0n) is 12.5. The van der Waals surface area contributed by atoms with Crippen molar-refractivity contribution in [2.75, 3.05) is 19.6 Å². The highest BCUT2D eigenvalue weighted by atomic mass is 16.2. The Morgan fingerprint density at radius 2 is 1.57 bits per heavy atom. The van der Waals surface area contributed by atoms with Crippen LogP contribution in [0.5, 0.6) is 0 Å². The molecule has 0 aromatic heterocycles. The first-order chi connectivity index (χ1) is 10.3. The molecule has 21 heavy (non-hydrogen) atoms. The molecule has 0 radical (unpaired) electrons. The number of carbonyl (C=O) groups is 2. The summed E-state index contributed by atoms with van der Waals surface area (Å²) in [5.74, 6) is 0.0429. The van der Waals surface area contributed by atoms with Crippen molar-refractivity contribution in [3.05, 3.63) is 35.9 Å². The van der Waals surface area contributed by atoms with E-state index in [0.717, 1.165) is 25.9 Å². The van der Waals surface area contributed by atoms with E-state index in [1.165, 1.54) is 19.3 Å². The third-order valence-electron chi connectivity index (χ3n) is 3.87. The Bertz CT molecular complexity index is 451. The van der Waals surface area contributed by atoms with Gasteiger partial charge < -0.3 is 10.2 Å². The first-order valence-electron chi connectivity index (χ1n) is 7.88. The van der Waals surface area contributed by atoms with Crippen LogP contribution in [-0.4, -0.2) is 36.3 Å². The second-order valence-corrected chi connectivity index (χ2v) is 5.52. The van der Waals surface area contributed by atoms with Crippen molar-refractivity contribution < 1.29 is 9.59 Å². The van der Waals surface area contributed by atoms with Gasteiger partial charge in [0, 0.05) is 31.6 Å². The number of nitrogens with zero attached hydrogens (tertiary/aromatic N) is 1. The van der Waals surface area contributed by atoms with Gasteiger partial charge in [-0.2, -0.15) is 0 Å². The molecule has 1 fully saturated rings. The van der Waals surface area contributed by atoms with Crippen molar-refractivity contribution in [3.8, 4) is 0 Å². The van der Waals surface area contributed by atoms with E-state index in [9.17, 15) is 9.59 Å². The Kier molecular flexibility index (Phi) is 6.25. The molecule has 2 rings (SSSR count). The molecule has 4 nitrogen and oxygen atoms in total. The second kappa shape index (κ2) is 8.45. The van der Waals surface area contributed by atoms with E-state index in [-0.39, 0.29) is 11.8 Å². The van der Waals surface area contributed by atoms with Gasteiger partial charge in [0.2, 0.25) is 5.91 Å². The number of hydrogen-bond acceptors (Lipinski definition) is 2. The average molecular weight is 288 g/mol. The van der Waals surface area contributed by atoms with Gasteiger partial charge in [-0.1, -0.05) is 37.5 Å². The first-order valence-corrected chi connectivity index (χ1v) is 7.88. The summed E-state index contributed by atoms with van der Waals surface area (Å²) in [6.07, 6.45) is 6.31. The molecule has 1 heterocycles. The molecular formula is C17H24N2O2. The highest BCUT2D eigenvalue weighted by Crippen LogP contribution is 2.11. The standard InChI is InChI=1S/C17H24N2O2/c20-16(19-13-7-2-1-3-8-14-19)11-12-18-17(21)15-9-5-4-6-10-15/h4-6,9-10H,1-3,7-8,11-14H2,(H,18,21). The second-order valence-electron chi connectivity index (χ2n) is 5.52. The molecule has 1 aromatic rings. The summed E-state index contributed by atoms with van der Waals surface area (Å²) in [5, 5.41) is 2.81. The maximum atomic E-state index is 12.2. The molecule has 0 saturated carbocycles. The number of carbonyl (C=O) groups excluding carboxylic acids is 2. The summed E-state index contributed by atoms with van der Waals surface area (Å²) in [6, 6.07) is 9.09.